The molecule has 0 fully saturated rings. The highest BCUT2D eigenvalue weighted by Crippen LogP contribution is 2.12. The number of nitrogens with zero attached hydrogens (tertiary/aromatic N) is 1. The lowest BCUT2D eigenvalue weighted by Crippen LogP contribution is -2.33. The lowest BCUT2D eigenvalue weighted by Gasteiger charge is -2.14. The lowest BCUT2D eigenvalue weighted by molar-refractivity contribution is 0.0939. The number of pyridine rings is 1. The van der Waals surface area contributed by atoms with Crippen LogP contribution in [0.4, 0.5) is 5.82 Å². The van der Waals surface area contributed by atoms with Crippen molar-refractivity contribution in [3.05, 3.63) is 23.4 Å². The fourth-order valence-electron chi connectivity index (χ4n) is 1.92. The van der Waals surface area contributed by atoms with E-state index in [2.05, 4.69) is 35.7 Å². The first-order chi connectivity index (χ1) is 10.1. The van der Waals surface area contributed by atoms with Crippen molar-refractivity contribution in [3.8, 4) is 0 Å². The van der Waals surface area contributed by atoms with Crippen LogP contribution >= 0.6 is 11.8 Å². The Morgan fingerprint density at radius 3 is 2.76 bits per heavy atom. The largest absolute Gasteiger partial charge is 0.370 e. The minimum Gasteiger partial charge on any atom is -0.370 e. The fraction of sp³-hybridized carbons (Fsp3) is 0.625. The van der Waals surface area contributed by atoms with E-state index in [1.807, 2.05) is 19.1 Å². The Balaban J connectivity index is 2.77. The molecular weight excluding hydrogens is 282 g/mol. The molecule has 21 heavy (non-hydrogen) atoms. The average molecular weight is 309 g/mol. The first kappa shape index (κ1) is 17.8. The van der Waals surface area contributed by atoms with Gasteiger partial charge in [-0.1, -0.05) is 13.8 Å². The van der Waals surface area contributed by atoms with Crippen molar-refractivity contribution in [2.24, 2.45) is 0 Å². The molecule has 5 heteroatoms. The van der Waals surface area contributed by atoms with Crippen molar-refractivity contribution in [2.45, 2.75) is 46.1 Å². The first-order valence-corrected chi connectivity index (χ1v) is 9.04. The second kappa shape index (κ2) is 9.66. The van der Waals surface area contributed by atoms with Gasteiger partial charge < -0.3 is 10.6 Å². The maximum atomic E-state index is 12.3. The van der Waals surface area contributed by atoms with E-state index in [9.17, 15) is 4.79 Å². The van der Waals surface area contributed by atoms with E-state index in [0.29, 0.717) is 5.56 Å². The molecule has 1 amide bonds. The number of thioether (sulfide) groups is 1. The van der Waals surface area contributed by atoms with Gasteiger partial charge in [0.2, 0.25) is 0 Å². The van der Waals surface area contributed by atoms with E-state index in [-0.39, 0.29) is 11.9 Å². The summed E-state index contributed by atoms with van der Waals surface area (Å²) in [6.07, 6.45) is 4.92. The average Bonchev–Trinajstić information content (AvgIpc) is 2.50. The number of carbonyl (C=O) groups is 1. The Bertz CT molecular complexity index is 451. The third-order valence-electron chi connectivity index (χ3n) is 3.19. The van der Waals surface area contributed by atoms with Crippen molar-refractivity contribution in [1.82, 2.24) is 10.3 Å². The molecule has 1 aromatic heterocycles. The molecule has 1 unspecified atom stereocenters. The highest BCUT2D eigenvalue weighted by atomic mass is 32.2. The van der Waals surface area contributed by atoms with Gasteiger partial charge in [0.25, 0.3) is 5.91 Å². The Kier molecular flexibility index (Phi) is 8.20. The highest BCUT2D eigenvalue weighted by molar-refractivity contribution is 7.98. The number of carbonyl (C=O) groups excluding carboxylic acids is 1. The number of rotatable bonds is 9. The summed E-state index contributed by atoms with van der Waals surface area (Å²) >= 11 is 1.80. The predicted molar refractivity (Wildman–Crippen MR) is 92.3 cm³/mol. The smallest absolute Gasteiger partial charge is 0.251 e. The summed E-state index contributed by atoms with van der Waals surface area (Å²) in [7, 11) is 0. The summed E-state index contributed by atoms with van der Waals surface area (Å²) in [5.41, 5.74) is 1.63. The van der Waals surface area contributed by atoms with Crippen LogP contribution in [0.1, 0.15) is 49.7 Å². The second-order valence-corrected chi connectivity index (χ2v) is 6.15. The van der Waals surface area contributed by atoms with Crippen LogP contribution in [0.25, 0.3) is 0 Å². The van der Waals surface area contributed by atoms with Crippen molar-refractivity contribution >= 4 is 23.5 Å². The molecule has 1 rings (SSSR count). The molecule has 0 aliphatic heterocycles. The van der Waals surface area contributed by atoms with Gasteiger partial charge >= 0.3 is 0 Å². The molecule has 1 atom stereocenters. The summed E-state index contributed by atoms with van der Waals surface area (Å²) in [6.45, 7) is 7.07. The van der Waals surface area contributed by atoms with Crippen LogP contribution in [0, 0.1) is 0 Å². The molecular formula is C16H27N3OS. The molecule has 0 spiro atoms. The van der Waals surface area contributed by atoms with Crippen molar-refractivity contribution in [1.29, 1.82) is 0 Å². The molecule has 0 saturated carbocycles. The molecule has 0 aliphatic carbocycles. The van der Waals surface area contributed by atoms with Gasteiger partial charge in [-0.25, -0.2) is 4.98 Å². The van der Waals surface area contributed by atoms with Gasteiger partial charge in [0.05, 0.1) is 0 Å². The Morgan fingerprint density at radius 1 is 1.38 bits per heavy atom. The summed E-state index contributed by atoms with van der Waals surface area (Å²) in [4.78, 5) is 16.8. The molecule has 1 heterocycles. The van der Waals surface area contributed by atoms with Crippen LogP contribution in [0.15, 0.2) is 12.1 Å². The van der Waals surface area contributed by atoms with Gasteiger partial charge in [-0.3, -0.25) is 4.79 Å². The summed E-state index contributed by atoms with van der Waals surface area (Å²) in [5, 5.41) is 6.32. The number of anilines is 1. The van der Waals surface area contributed by atoms with Crippen LogP contribution in [0.2, 0.25) is 0 Å². The molecule has 1 aromatic rings. The van der Waals surface area contributed by atoms with E-state index >= 15 is 0 Å². The molecule has 0 radical (unpaired) electrons. The Hall–Kier alpha value is -1.23. The molecule has 0 aromatic carbocycles. The minimum absolute atomic E-state index is 0.0137. The maximum absolute atomic E-state index is 12.3. The monoisotopic (exact) mass is 309 g/mol. The van der Waals surface area contributed by atoms with E-state index in [1.54, 1.807) is 11.8 Å². The quantitative estimate of drug-likeness (QED) is 0.734. The van der Waals surface area contributed by atoms with E-state index in [4.69, 9.17) is 0 Å². The molecule has 0 aliphatic rings. The van der Waals surface area contributed by atoms with Gasteiger partial charge in [-0.05, 0) is 50.3 Å². The normalized spacial score (nSPS) is 12.0. The first-order valence-electron chi connectivity index (χ1n) is 7.65. The fourth-order valence-corrected chi connectivity index (χ4v) is 2.51. The second-order valence-electron chi connectivity index (χ2n) is 5.17. The standard InChI is InChI=1S/C16H27N3OS/c1-5-8-17-15-11-13(10-14(6-2)19-15)16(20)18-12(3)7-9-21-4/h10-12H,5-9H2,1-4H3,(H,17,19)(H,18,20). The number of nitrogens with one attached hydrogen (secondary N) is 2. The van der Waals surface area contributed by atoms with E-state index in [1.165, 1.54) is 0 Å². The van der Waals surface area contributed by atoms with Crippen molar-refractivity contribution in [3.63, 3.8) is 0 Å². The molecule has 4 nitrogen and oxygen atoms in total. The zero-order valence-electron chi connectivity index (χ0n) is 13.5. The van der Waals surface area contributed by atoms with Crippen molar-refractivity contribution in [2.75, 3.05) is 23.9 Å². The van der Waals surface area contributed by atoms with Gasteiger partial charge in [-0.15, -0.1) is 0 Å². The lowest BCUT2D eigenvalue weighted by atomic mass is 10.1. The van der Waals surface area contributed by atoms with Crippen LogP contribution in [-0.2, 0) is 6.42 Å². The predicted octanol–water partition coefficient (Wildman–Crippen LogP) is 3.34. The topological polar surface area (TPSA) is 54.0 Å². The zero-order chi connectivity index (χ0) is 15.7. The number of aryl methyl sites for hydroxylation is 1. The molecule has 2 N–H and O–H groups in total. The number of hydrogen-bond acceptors (Lipinski definition) is 4. The van der Waals surface area contributed by atoms with Crippen LogP contribution in [-0.4, -0.2) is 35.5 Å². The summed E-state index contributed by atoms with van der Waals surface area (Å²) in [5.74, 6) is 1.83. The van der Waals surface area contributed by atoms with Gasteiger partial charge in [-0.2, -0.15) is 11.8 Å². The third-order valence-corrected chi connectivity index (χ3v) is 3.84. The number of aromatic nitrogens is 1. The van der Waals surface area contributed by atoms with Gasteiger partial charge in [0, 0.05) is 23.8 Å². The SMILES string of the molecule is CCCNc1cc(C(=O)NC(C)CCSC)cc(CC)n1. The van der Waals surface area contributed by atoms with Crippen molar-refractivity contribution < 1.29 is 4.79 Å². The van der Waals surface area contributed by atoms with Crippen LogP contribution in [0.3, 0.4) is 0 Å². The third kappa shape index (κ3) is 6.38. The van der Waals surface area contributed by atoms with Crippen LogP contribution in [0.5, 0.6) is 0 Å². The molecule has 118 valence electrons. The van der Waals surface area contributed by atoms with Crippen LogP contribution < -0.4 is 10.6 Å². The van der Waals surface area contributed by atoms with Gasteiger partial charge in [0.1, 0.15) is 5.82 Å². The molecule has 0 bridgehead atoms. The minimum atomic E-state index is -0.0137. The Labute approximate surface area is 132 Å². The molecule has 0 saturated heterocycles. The van der Waals surface area contributed by atoms with E-state index < -0.39 is 0 Å². The zero-order valence-corrected chi connectivity index (χ0v) is 14.3. The summed E-state index contributed by atoms with van der Waals surface area (Å²) < 4.78 is 0. The highest BCUT2D eigenvalue weighted by Gasteiger charge is 2.12. The number of amides is 1. The van der Waals surface area contributed by atoms with Gasteiger partial charge in [0.15, 0.2) is 0 Å². The maximum Gasteiger partial charge on any atom is 0.251 e. The van der Waals surface area contributed by atoms with E-state index in [0.717, 1.165) is 43.1 Å². The number of hydrogen-bond donors (Lipinski definition) is 2. The Morgan fingerprint density at radius 2 is 2.14 bits per heavy atom. The summed E-state index contributed by atoms with van der Waals surface area (Å²) in [6, 6.07) is 3.91.